The Morgan fingerprint density at radius 2 is 1.62 bits per heavy atom. The summed E-state index contributed by atoms with van der Waals surface area (Å²) in [5.74, 6) is 0.282. The van der Waals surface area contributed by atoms with Crippen molar-refractivity contribution in [2.75, 3.05) is 12.3 Å². The minimum absolute atomic E-state index is 0.282. The van der Waals surface area contributed by atoms with E-state index in [1.54, 1.807) is 0 Å². The van der Waals surface area contributed by atoms with Crippen LogP contribution in [0.25, 0.3) is 0 Å². The van der Waals surface area contributed by atoms with Gasteiger partial charge in [0.2, 0.25) is 10.0 Å². The standard InChI is InChI=1S/C9H21NO2S/c1-3-5-7-9-13(11,12)10-8-6-4-2/h10H,3-9H2,1-2H3. The zero-order valence-electron chi connectivity index (χ0n) is 8.67. The molecule has 0 heterocycles. The van der Waals surface area contributed by atoms with E-state index in [1.165, 1.54) is 0 Å². The Labute approximate surface area is 82.0 Å². The highest BCUT2D eigenvalue weighted by Crippen LogP contribution is 1.97. The van der Waals surface area contributed by atoms with Crippen LogP contribution in [0.15, 0.2) is 0 Å². The number of nitrogens with one attached hydrogen (secondary N) is 1. The van der Waals surface area contributed by atoms with Crippen LogP contribution in [0.1, 0.15) is 46.0 Å². The van der Waals surface area contributed by atoms with E-state index in [0.717, 1.165) is 32.1 Å². The second-order valence-corrected chi connectivity index (χ2v) is 5.20. The zero-order valence-corrected chi connectivity index (χ0v) is 9.49. The molecular weight excluding hydrogens is 186 g/mol. The van der Waals surface area contributed by atoms with Crippen molar-refractivity contribution in [1.82, 2.24) is 4.72 Å². The third-order valence-corrected chi connectivity index (χ3v) is 3.34. The summed E-state index contributed by atoms with van der Waals surface area (Å²) >= 11 is 0. The van der Waals surface area contributed by atoms with Gasteiger partial charge in [0.15, 0.2) is 0 Å². The molecule has 0 unspecified atom stereocenters. The van der Waals surface area contributed by atoms with Crippen LogP contribution < -0.4 is 4.72 Å². The monoisotopic (exact) mass is 207 g/mol. The summed E-state index contributed by atoms with van der Waals surface area (Å²) in [6, 6.07) is 0. The molecule has 0 aromatic carbocycles. The number of sulfonamides is 1. The fourth-order valence-corrected chi connectivity index (χ4v) is 2.20. The topological polar surface area (TPSA) is 46.2 Å². The fraction of sp³-hybridized carbons (Fsp3) is 1.00. The Kier molecular flexibility index (Phi) is 7.28. The maximum atomic E-state index is 11.3. The van der Waals surface area contributed by atoms with Crippen molar-refractivity contribution in [3.8, 4) is 0 Å². The number of hydrogen-bond acceptors (Lipinski definition) is 2. The van der Waals surface area contributed by atoms with Gasteiger partial charge in [-0.1, -0.05) is 33.1 Å². The smallest absolute Gasteiger partial charge is 0.211 e. The Bertz CT molecular complexity index is 184. The molecule has 0 saturated carbocycles. The summed E-state index contributed by atoms with van der Waals surface area (Å²) in [7, 11) is -2.98. The maximum absolute atomic E-state index is 11.3. The maximum Gasteiger partial charge on any atom is 0.211 e. The average Bonchev–Trinajstić information content (AvgIpc) is 2.05. The molecule has 0 rings (SSSR count). The van der Waals surface area contributed by atoms with Crippen LogP contribution in [-0.4, -0.2) is 20.7 Å². The quantitative estimate of drug-likeness (QED) is 0.618. The minimum Gasteiger partial charge on any atom is -0.215 e. The van der Waals surface area contributed by atoms with Crippen LogP contribution in [0.5, 0.6) is 0 Å². The lowest BCUT2D eigenvalue weighted by Gasteiger charge is -2.04. The molecule has 0 radical (unpaired) electrons. The zero-order chi connectivity index (χ0) is 10.2. The van der Waals surface area contributed by atoms with Gasteiger partial charge >= 0.3 is 0 Å². The fourth-order valence-electron chi connectivity index (χ4n) is 1.02. The van der Waals surface area contributed by atoms with Gasteiger partial charge in [0.1, 0.15) is 0 Å². The molecule has 0 aliphatic carbocycles. The molecule has 0 saturated heterocycles. The van der Waals surface area contributed by atoms with Gasteiger partial charge in [-0.15, -0.1) is 0 Å². The lowest BCUT2D eigenvalue weighted by Crippen LogP contribution is -2.27. The molecule has 4 heteroatoms. The van der Waals surface area contributed by atoms with Crippen molar-refractivity contribution in [2.45, 2.75) is 46.0 Å². The molecule has 0 atom stereocenters. The van der Waals surface area contributed by atoms with E-state index in [4.69, 9.17) is 0 Å². The highest BCUT2D eigenvalue weighted by molar-refractivity contribution is 7.89. The van der Waals surface area contributed by atoms with Crippen LogP contribution in [0.2, 0.25) is 0 Å². The summed E-state index contributed by atoms with van der Waals surface area (Å²) < 4.78 is 25.1. The second kappa shape index (κ2) is 7.33. The van der Waals surface area contributed by atoms with Gasteiger partial charge in [-0.25, -0.2) is 13.1 Å². The van der Waals surface area contributed by atoms with Crippen molar-refractivity contribution < 1.29 is 8.42 Å². The van der Waals surface area contributed by atoms with Crippen molar-refractivity contribution in [2.24, 2.45) is 0 Å². The lowest BCUT2D eigenvalue weighted by atomic mass is 10.3. The summed E-state index contributed by atoms with van der Waals surface area (Å²) in [5, 5.41) is 0. The Morgan fingerprint density at radius 1 is 1.00 bits per heavy atom. The molecule has 0 bridgehead atoms. The van der Waals surface area contributed by atoms with E-state index < -0.39 is 10.0 Å². The molecule has 1 N–H and O–H groups in total. The summed E-state index contributed by atoms with van der Waals surface area (Å²) in [5.41, 5.74) is 0. The van der Waals surface area contributed by atoms with Crippen molar-refractivity contribution in [3.63, 3.8) is 0 Å². The Balaban J connectivity index is 3.55. The van der Waals surface area contributed by atoms with E-state index in [0.29, 0.717) is 6.54 Å². The number of unbranched alkanes of at least 4 members (excludes halogenated alkanes) is 3. The van der Waals surface area contributed by atoms with Crippen LogP contribution in [0.4, 0.5) is 0 Å². The van der Waals surface area contributed by atoms with Crippen molar-refractivity contribution in [1.29, 1.82) is 0 Å². The van der Waals surface area contributed by atoms with Gasteiger partial charge in [0.05, 0.1) is 5.75 Å². The molecule has 0 spiro atoms. The second-order valence-electron chi connectivity index (χ2n) is 3.27. The SMILES string of the molecule is CCCCCS(=O)(=O)NCCCC. The lowest BCUT2D eigenvalue weighted by molar-refractivity contribution is 0.573. The molecule has 0 amide bonds. The van der Waals surface area contributed by atoms with Gasteiger partial charge in [-0.3, -0.25) is 0 Å². The molecule has 80 valence electrons. The van der Waals surface area contributed by atoms with Crippen molar-refractivity contribution in [3.05, 3.63) is 0 Å². The molecule has 13 heavy (non-hydrogen) atoms. The molecule has 0 aliphatic rings. The molecule has 0 aromatic rings. The van der Waals surface area contributed by atoms with Crippen LogP contribution >= 0.6 is 0 Å². The predicted molar refractivity (Wildman–Crippen MR) is 56.2 cm³/mol. The number of rotatable bonds is 8. The van der Waals surface area contributed by atoms with Crippen LogP contribution in [0, 0.1) is 0 Å². The van der Waals surface area contributed by atoms with Crippen LogP contribution in [0.3, 0.4) is 0 Å². The summed E-state index contributed by atoms with van der Waals surface area (Å²) in [4.78, 5) is 0. The van der Waals surface area contributed by atoms with Gasteiger partial charge in [-0.2, -0.15) is 0 Å². The predicted octanol–water partition coefficient (Wildman–Crippen LogP) is 1.90. The average molecular weight is 207 g/mol. The highest BCUT2D eigenvalue weighted by Gasteiger charge is 2.07. The number of hydrogen-bond donors (Lipinski definition) is 1. The van der Waals surface area contributed by atoms with E-state index in [2.05, 4.69) is 11.6 Å². The molecule has 0 fully saturated rings. The van der Waals surface area contributed by atoms with Gasteiger partial charge in [0.25, 0.3) is 0 Å². The van der Waals surface area contributed by atoms with E-state index in [9.17, 15) is 8.42 Å². The first-order valence-electron chi connectivity index (χ1n) is 5.09. The van der Waals surface area contributed by atoms with E-state index >= 15 is 0 Å². The third-order valence-electron chi connectivity index (χ3n) is 1.87. The largest absolute Gasteiger partial charge is 0.215 e. The Hall–Kier alpha value is -0.0900. The molecule has 0 aromatic heterocycles. The Morgan fingerprint density at radius 3 is 2.15 bits per heavy atom. The molecule has 3 nitrogen and oxygen atoms in total. The summed E-state index contributed by atoms with van der Waals surface area (Å²) in [6.45, 7) is 4.70. The summed E-state index contributed by atoms with van der Waals surface area (Å²) in [6.07, 6.45) is 4.78. The highest BCUT2D eigenvalue weighted by atomic mass is 32.2. The normalized spacial score (nSPS) is 11.8. The minimum atomic E-state index is -2.98. The molecule has 0 aliphatic heterocycles. The van der Waals surface area contributed by atoms with Crippen molar-refractivity contribution >= 4 is 10.0 Å². The first-order chi connectivity index (χ1) is 6.12. The van der Waals surface area contributed by atoms with Crippen LogP contribution in [-0.2, 0) is 10.0 Å². The molecular formula is C9H21NO2S. The van der Waals surface area contributed by atoms with E-state index in [1.807, 2.05) is 6.92 Å². The van der Waals surface area contributed by atoms with Gasteiger partial charge in [-0.05, 0) is 12.8 Å². The van der Waals surface area contributed by atoms with E-state index in [-0.39, 0.29) is 5.75 Å². The first-order valence-corrected chi connectivity index (χ1v) is 6.75. The van der Waals surface area contributed by atoms with Gasteiger partial charge in [0, 0.05) is 6.54 Å². The van der Waals surface area contributed by atoms with Gasteiger partial charge < -0.3 is 0 Å². The first kappa shape index (κ1) is 12.9. The third kappa shape index (κ3) is 8.25.